The molecule has 162 valence electrons. The van der Waals surface area contributed by atoms with Crippen LogP contribution in [0.1, 0.15) is 40.0 Å². The molecule has 8 heteroatoms. The van der Waals surface area contributed by atoms with Crippen molar-refractivity contribution in [3.05, 3.63) is 0 Å². The fraction of sp³-hybridized carbons (Fsp3) is 0.857. The summed E-state index contributed by atoms with van der Waals surface area (Å²) in [6.07, 6.45) is 4.95. The molecule has 4 rings (SSSR count). The quantitative estimate of drug-likeness (QED) is 0.703. The van der Waals surface area contributed by atoms with E-state index < -0.39 is 5.60 Å². The van der Waals surface area contributed by atoms with E-state index in [1.807, 2.05) is 9.91 Å². The van der Waals surface area contributed by atoms with Gasteiger partial charge in [0.1, 0.15) is 0 Å². The summed E-state index contributed by atoms with van der Waals surface area (Å²) in [4.78, 5) is 24.7. The molecule has 6 atom stereocenters. The molecule has 2 saturated heterocycles. The van der Waals surface area contributed by atoms with Gasteiger partial charge in [0.2, 0.25) is 5.91 Å². The van der Waals surface area contributed by atoms with Crippen molar-refractivity contribution in [1.29, 1.82) is 0 Å². The van der Waals surface area contributed by atoms with Crippen molar-refractivity contribution in [1.82, 2.24) is 15.3 Å². The number of carbonyl (C=O) groups excluding carboxylic acids is 1. The van der Waals surface area contributed by atoms with Gasteiger partial charge in [-0.3, -0.25) is 14.8 Å². The van der Waals surface area contributed by atoms with Gasteiger partial charge >= 0.3 is 0 Å². The van der Waals surface area contributed by atoms with Gasteiger partial charge in [0.25, 0.3) is 0 Å². The zero-order chi connectivity index (χ0) is 20.8. The second kappa shape index (κ2) is 8.06. The van der Waals surface area contributed by atoms with E-state index in [9.17, 15) is 9.90 Å². The van der Waals surface area contributed by atoms with Crippen LogP contribution in [-0.2, 0) is 9.53 Å². The first-order valence-electron chi connectivity index (χ1n) is 10.9. The van der Waals surface area contributed by atoms with Gasteiger partial charge in [0, 0.05) is 38.0 Å². The number of nitrogens with one attached hydrogen (secondary N) is 1. The smallest absolute Gasteiger partial charge is 0.233 e. The third-order valence-electron chi connectivity index (χ3n) is 6.68. The van der Waals surface area contributed by atoms with E-state index in [1.54, 1.807) is 21.0 Å². The minimum absolute atomic E-state index is 0.0158. The van der Waals surface area contributed by atoms with Crippen LogP contribution in [0.3, 0.4) is 0 Å². The highest BCUT2D eigenvalue weighted by atomic mass is 16.5. The summed E-state index contributed by atoms with van der Waals surface area (Å²) in [5.74, 6) is 0.690. The zero-order valence-corrected chi connectivity index (χ0v) is 18.0. The summed E-state index contributed by atoms with van der Waals surface area (Å²) in [7, 11) is 1.75. The fourth-order valence-corrected chi connectivity index (χ4v) is 5.30. The molecule has 2 N–H and O–H groups in total. The minimum Gasteiger partial charge on any atom is -0.389 e. The van der Waals surface area contributed by atoms with Crippen LogP contribution in [0.15, 0.2) is 9.98 Å². The monoisotopic (exact) mass is 405 g/mol. The molecule has 2 fully saturated rings. The number of hydrogen-bond acceptors (Lipinski definition) is 7. The second-order valence-corrected chi connectivity index (χ2v) is 9.78. The molecule has 4 aliphatic heterocycles. The molecule has 4 aliphatic rings. The third-order valence-corrected chi connectivity index (χ3v) is 6.68. The van der Waals surface area contributed by atoms with Crippen molar-refractivity contribution in [2.75, 3.05) is 33.3 Å². The van der Waals surface area contributed by atoms with Gasteiger partial charge in [-0.15, -0.1) is 0 Å². The largest absolute Gasteiger partial charge is 0.389 e. The maximum Gasteiger partial charge on any atom is 0.233 e. The summed E-state index contributed by atoms with van der Waals surface area (Å²) < 4.78 is 5.52. The Balaban J connectivity index is 1.45. The third kappa shape index (κ3) is 4.40. The first kappa shape index (κ1) is 20.9. The Labute approximate surface area is 173 Å². The van der Waals surface area contributed by atoms with Gasteiger partial charge in [-0.2, -0.15) is 0 Å². The summed E-state index contributed by atoms with van der Waals surface area (Å²) in [6.45, 7) is 8.49. The van der Waals surface area contributed by atoms with Crippen molar-refractivity contribution < 1.29 is 14.6 Å². The van der Waals surface area contributed by atoms with Crippen LogP contribution >= 0.6 is 0 Å². The molecule has 0 aromatic rings. The van der Waals surface area contributed by atoms with E-state index in [-0.39, 0.29) is 36.1 Å². The van der Waals surface area contributed by atoms with E-state index in [4.69, 9.17) is 9.73 Å². The number of carbonyl (C=O) groups is 1. The van der Waals surface area contributed by atoms with E-state index in [0.717, 1.165) is 38.1 Å². The number of amides is 1. The molecule has 0 aromatic heterocycles. The van der Waals surface area contributed by atoms with E-state index in [2.05, 4.69) is 23.6 Å². The van der Waals surface area contributed by atoms with E-state index in [0.29, 0.717) is 19.0 Å². The van der Waals surface area contributed by atoms with Gasteiger partial charge in [-0.1, -0.05) is 6.92 Å². The lowest BCUT2D eigenvalue weighted by Gasteiger charge is -2.34. The molecule has 0 bridgehead atoms. The number of nitrogens with zero attached hydrogens (tertiary/aromatic N) is 4. The lowest BCUT2D eigenvalue weighted by Crippen LogP contribution is -2.50. The molecule has 4 heterocycles. The predicted octanol–water partition coefficient (Wildman–Crippen LogP) is 0.707. The number of ether oxygens (including phenoxy) is 1. The molecular formula is C21H35N5O3. The number of fused-ring (bicyclic) bond motifs is 1. The fourth-order valence-electron chi connectivity index (χ4n) is 5.30. The van der Waals surface area contributed by atoms with Crippen molar-refractivity contribution in [3.63, 3.8) is 0 Å². The Kier molecular flexibility index (Phi) is 5.81. The Morgan fingerprint density at radius 1 is 1.38 bits per heavy atom. The SMILES string of the molecule is COC1CN=CC(C2CC(C)C3C(=O)N(C4CCN(CC(C)(C)O)N4)CC3=N2)C1. The summed E-state index contributed by atoms with van der Waals surface area (Å²) >= 11 is 0. The minimum atomic E-state index is -0.766. The topological polar surface area (TPSA) is 89.8 Å². The van der Waals surface area contributed by atoms with Crippen LogP contribution in [0.5, 0.6) is 0 Å². The molecule has 6 unspecified atom stereocenters. The van der Waals surface area contributed by atoms with Gasteiger partial charge < -0.3 is 14.7 Å². The molecule has 0 aliphatic carbocycles. The number of hydrogen-bond donors (Lipinski definition) is 2. The first-order valence-corrected chi connectivity index (χ1v) is 10.9. The maximum atomic E-state index is 13.2. The van der Waals surface area contributed by atoms with Gasteiger partial charge in [0.05, 0.1) is 42.9 Å². The second-order valence-electron chi connectivity index (χ2n) is 9.78. The molecule has 0 radical (unpaired) electrons. The van der Waals surface area contributed by atoms with Crippen molar-refractivity contribution in [2.24, 2.45) is 27.7 Å². The highest BCUT2D eigenvalue weighted by Gasteiger charge is 2.48. The van der Waals surface area contributed by atoms with Crippen LogP contribution in [-0.4, -0.2) is 90.1 Å². The Hall–Kier alpha value is -1.35. The summed E-state index contributed by atoms with van der Waals surface area (Å²) in [6, 6.07) is 0.189. The van der Waals surface area contributed by atoms with Crippen LogP contribution < -0.4 is 5.43 Å². The van der Waals surface area contributed by atoms with Crippen LogP contribution in [0.2, 0.25) is 0 Å². The Morgan fingerprint density at radius 3 is 2.90 bits per heavy atom. The Morgan fingerprint density at radius 2 is 2.17 bits per heavy atom. The molecule has 8 nitrogen and oxygen atoms in total. The number of likely N-dealkylation sites (tertiary alicyclic amines) is 1. The molecular weight excluding hydrogens is 370 g/mol. The summed E-state index contributed by atoms with van der Waals surface area (Å²) in [5, 5.41) is 12.1. The molecule has 29 heavy (non-hydrogen) atoms. The number of methoxy groups -OCH3 is 1. The number of hydrazine groups is 1. The molecule has 0 saturated carbocycles. The van der Waals surface area contributed by atoms with E-state index >= 15 is 0 Å². The highest BCUT2D eigenvalue weighted by Crippen LogP contribution is 2.37. The van der Waals surface area contributed by atoms with Crippen LogP contribution in [0, 0.1) is 17.8 Å². The normalized spacial score (nSPS) is 38.4. The number of aliphatic imine (C=N–C) groups is 2. The summed E-state index contributed by atoms with van der Waals surface area (Å²) in [5.41, 5.74) is 3.69. The standard InChI is InChI=1S/C21H35N5O3/c1-13-7-16(14-8-15(29-4)10-22-9-14)23-17-11-26(20(27)19(13)17)18-5-6-25(24-18)12-21(2,3)28/h9,13-16,18-19,24,28H,5-8,10-12H2,1-4H3. The van der Waals surface area contributed by atoms with Crippen LogP contribution in [0.25, 0.3) is 0 Å². The van der Waals surface area contributed by atoms with Crippen molar-refractivity contribution >= 4 is 17.8 Å². The lowest BCUT2D eigenvalue weighted by molar-refractivity contribution is -0.134. The average Bonchev–Trinajstić information content (AvgIpc) is 3.24. The number of aliphatic hydroxyl groups is 1. The molecule has 0 aromatic carbocycles. The first-order chi connectivity index (χ1) is 13.7. The predicted molar refractivity (Wildman–Crippen MR) is 112 cm³/mol. The maximum absolute atomic E-state index is 13.2. The Bertz CT molecular complexity index is 688. The van der Waals surface area contributed by atoms with Gasteiger partial charge in [0.15, 0.2) is 0 Å². The number of β-amino-alcohol motifs (C(OH)–C–C–N with tert-alkyl or cyclic N) is 1. The lowest BCUT2D eigenvalue weighted by atomic mass is 9.78. The average molecular weight is 406 g/mol. The van der Waals surface area contributed by atoms with Crippen LogP contribution in [0.4, 0.5) is 0 Å². The zero-order valence-electron chi connectivity index (χ0n) is 18.0. The molecule has 1 amide bonds. The van der Waals surface area contributed by atoms with Crippen molar-refractivity contribution in [3.8, 4) is 0 Å². The van der Waals surface area contributed by atoms with Gasteiger partial charge in [-0.05, 0) is 39.0 Å². The molecule has 0 spiro atoms. The highest BCUT2D eigenvalue weighted by molar-refractivity contribution is 6.12. The van der Waals surface area contributed by atoms with Gasteiger partial charge in [-0.25, -0.2) is 10.4 Å². The van der Waals surface area contributed by atoms with E-state index in [1.165, 1.54) is 0 Å². The van der Waals surface area contributed by atoms with Crippen molar-refractivity contribution in [2.45, 2.75) is 63.9 Å². The number of rotatable bonds is 5.